The minimum Gasteiger partial charge on any atom is -0.390 e. The molecule has 0 saturated carbocycles. The molecule has 1 fully saturated rings. The summed E-state index contributed by atoms with van der Waals surface area (Å²) in [6.45, 7) is 26.8. The number of ether oxygens (including phenoxy) is 1. The van der Waals surface area contributed by atoms with Crippen LogP contribution in [-0.4, -0.2) is 29.5 Å². The third-order valence-corrected chi connectivity index (χ3v) is 5.17. The van der Waals surface area contributed by atoms with E-state index in [4.69, 9.17) is 4.74 Å². The lowest BCUT2D eigenvalue weighted by atomic mass is 9.81. The number of rotatable bonds is 4. The number of aliphatic hydroxyl groups excluding tert-OH is 1. The fraction of sp³-hybridized carbons (Fsp3) is 0.909. The Balaban J connectivity index is -0.000000323. The molecule has 1 aliphatic rings. The van der Waals surface area contributed by atoms with Crippen LogP contribution in [0, 0.1) is 28.6 Å². The van der Waals surface area contributed by atoms with E-state index in [9.17, 15) is 10.0 Å². The molecule has 158 valence electrons. The van der Waals surface area contributed by atoms with Crippen LogP contribution >= 0.6 is 0 Å². The summed E-state index contributed by atoms with van der Waals surface area (Å²) < 4.78 is 5.68. The van der Waals surface area contributed by atoms with Gasteiger partial charge in [-0.1, -0.05) is 67.0 Å². The van der Waals surface area contributed by atoms with Crippen molar-refractivity contribution in [2.45, 2.75) is 106 Å². The molecule has 1 rings (SSSR count). The van der Waals surface area contributed by atoms with Gasteiger partial charge < -0.3 is 9.84 Å². The summed E-state index contributed by atoms with van der Waals surface area (Å²) in [5, 5.41) is 12.5. The lowest BCUT2D eigenvalue weighted by molar-refractivity contribution is -0.161. The van der Waals surface area contributed by atoms with Gasteiger partial charge in [-0.15, -0.1) is 13.2 Å². The van der Waals surface area contributed by atoms with Crippen LogP contribution in [0.5, 0.6) is 0 Å². The van der Waals surface area contributed by atoms with E-state index in [-0.39, 0.29) is 18.2 Å². The molecule has 4 heteroatoms. The molecule has 0 aromatic rings. The van der Waals surface area contributed by atoms with E-state index in [1.165, 1.54) is 6.42 Å². The van der Waals surface area contributed by atoms with Crippen LogP contribution in [-0.2, 0) is 4.74 Å². The highest BCUT2D eigenvalue weighted by Gasteiger charge is 2.37. The molecule has 1 N–H and O–H groups in total. The molecule has 5 unspecified atom stereocenters. The van der Waals surface area contributed by atoms with Crippen molar-refractivity contribution in [2.75, 3.05) is 0 Å². The predicted octanol–water partition coefficient (Wildman–Crippen LogP) is 6.47. The maximum atomic E-state index is 9.70. The van der Waals surface area contributed by atoms with Crippen molar-refractivity contribution >= 4 is 0 Å². The average molecular weight is 374 g/mol. The first-order valence-corrected chi connectivity index (χ1v) is 10.2. The van der Waals surface area contributed by atoms with Gasteiger partial charge in [0.1, 0.15) is 0 Å². The highest BCUT2D eigenvalue weighted by molar-refractivity contribution is 4.85. The van der Waals surface area contributed by atoms with Gasteiger partial charge in [0.05, 0.1) is 24.4 Å². The minimum absolute atomic E-state index is 0.00106. The molecule has 4 nitrogen and oxygen atoms in total. The fourth-order valence-electron chi connectivity index (χ4n) is 2.15. The Bertz CT molecular complexity index is 316. The van der Waals surface area contributed by atoms with E-state index in [0.29, 0.717) is 23.9 Å². The van der Waals surface area contributed by atoms with Crippen LogP contribution < -0.4 is 0 Å². The quantitative estimate of drug-likeness (QED) is 0.454. The first-order chi connectivity index (χ1) is 12.0. The van der Waals surface area contributed by atoms with Crippen LogP contribution in [0.3, 0.4) is 0 Å². The summed E-state index contributed by atoms with van der Waals surface area (Å²) in [5.41, 5.74) is 0. The van der Waals surface area contributed by atoms with Gasteiger partial charge in [0.2, 0.25) is 0 Å². The van der Waals surface area contributed by atoms with Crippen LogP contribution in [0.2, 0.25) is 0 Å². The SMILES string of the molecule is C=C.CC(C)[C@H](C)N=O.CCC(C)C.CCC1OC(C)C(O)C(C)C1C. The second kappa shape index (κ2) is 17.7. The number of aliphatic hydroxyl groups is 1. The van der Waals surface area contributed by atoms with Gasteiger partial charge in [-0.3, -0.25) is 0 Å². The zero-order valence-corrected chi connectivity index (χ0v) is 19.2. The second-order valence-corrected chi connectivity index (χ2v) is 7.89. The molecule has 0 amide bonds. The highest BCUT2D eigenvalue weighted by atomic mass is 16.5. The van der Waals surface area contributed by atoms with Crippen molar-refractivity contribution in [3.63, 3.8) is 0 Å². The normalized spacial score (nSPS) is 28.6. The molecule has 0 aliphatic carbocycles. The molecule has 0 spiro atoms. The van der Waals surface area contributed by atoms with Gasteiger partial charge in [0.25, 0.3) is 0 Å². The topological polar surface area (TPSA) is 58.9 Å². The molecule has 1 aliphatic heterocycles. The lowest BCUT2D eigenvalue weighted by Crippen LogP contribution is -2.47. The van der Waals surface area contributed by atoms with Gasteiger partial charge in [-0.05, 0) is 43.9 Å². The minimum atomic E-state index is -0.289. The Labute approximate surface area is 163 Å². The number of hydrogen-bond acceptors (Lipinski definition) is 4. The zero-order chi connectivity index (χ0) is 21.4. The van der Waals surface area contributed by atoms with Gasteiger partial charge in [0, 0.05) is 0 Å². The summed E-state index contributed by atoms with van der Waals surface area (Å²) in [4.78, 5) is 9.70. The van der Waals surface area contributed by atoms with E-state index < -0.39 is 0 Å². The van der Waals surface area contributed by atoms with Crippen molar-refractivity contribution in [3.05, 3.63) is 18.1 Å². The summed E-state index contributed by atoms with van der Waals surface area (Å²) in [6, 6.07) is -0.0278. The van der Waals surface area contributed by atoms with Crippen LogP contribution in [0.25, 0.3) is 0 Å². The Morgan fingerprint density at radius 3 is 1.65 bits per heavy atom. The van der Waals surface area contributed by atoms with Crippen molar-refractivity contribution in [1.29, 1.82) is 0 Å². The van der Waals surface area contributed by atoms with Crippen molar-refractivity contribution < 1.29 is 9.84 Å². The highest BCUT2D eigenvalue weighted by Crippen LogP contribution is 2.31. The smallest absolute Gasteiger partial charge is 0.0914 e. The van der Waals surface area contributed by atoms with Crippen LogP contribution in [0.1, 0.15) is 82.1 Å². The van der Waals surface area contributed by atoms with Gasteiger partial charge in [0.15, 0.2) is 0 Å². The summed E-state index contributed by atoms with van der Waals surface area (Å²) in [5.74, 6) is 2.10. The standard InChI is InChI=1S/C10H20O2.C5H11NO.C5H12.C2H4/c1-5-9-6(2)7(3)10(11)8(4)12-9;1-4(2)5(3)6-7;1-4-5(2)3;1-2/h6-11H,5H2,1-4H3;4-5H,1-3H3;5H,4H2,1-3H3;1-2H2/t;5-;;/m.0../s1. The van der Waals surface area contributed by atoms with Gasteiger partial charge in [-0.25, -0.2) is 0 Å². The second-order valence-electron chi connectivity index (χ2n) is 7.89. The molecule has 6 atom stereocenters. The molecule has 26 heavy (non-hydrogen) atoms. The number of hydrogen-bond donors (Lipinski definition) is 1. The molecular weight excluding hydrogens is 326 g/mol. The van der Waals surface area contributed by atoms with Gasteiger partial charge >= 0.3 is 0 Å². The third kappa shape index (κ3) is 13.5. The molecule has 0 radical (unpaired) electrons. The maximum Gasteiger partial charge on any atom is 0.0914 e. The molecule has 0 aromatic carbocycles. The van der Waals surface area contributed by atoms with Gasteiger partial charge in [-0.2, -0.15) is 4.91 Å². The van der Waals surface area contributed by atoms with Crippen molar-refractivity contribution in [2.24, 2.45) is 28.8 Å². The maximum absolute atomic E-state index is 9.70. The van der Waals surface area contributed by atoms with Crippen molar-refractivity contribution in [3.8, 4) is 0 Å². The van der Waals surface area contributed by atoms with Crippen LogP contribution in [0.15, 0.2) is 18.3 Å². The zero-order valence-electron chi connectivity index (χ0n) is 19.2. The largest absolute Gasteiger partial charge is 0.390 e. The summed E-state index contributed by atoms with van der Waals surface area (Å²) in [7, 11) is 0. The van der Waals surface area contributed by atoms with Crippen molar-refractivity contribution in [1.82, 2.24) is 0 Å². The molecular formula is C22H47NO3. The molecule has 1 heterocycles. The predicted molar refractivity (Wildman–Crippen MR) is 115 cm³/mol. The Morgan fingerprint density at radius 2 is 1.42 bits per heavy atom. The van der Waals surface area contributed by atoms with Crippen LogP contribution in [0.4, 0.5) is 0 Å². The lowest BCUT2D eigenvalue weighted by Gasteiger charge is -2.41. The first-order valence-electron chi connectivity index (χ1n) is 10.2. The van der Waals surface area contributed by atoms with E-state index in [1.807, 2.05) is 27.7 Å². The Morgan fingerprint density at radius 1 is 1.00 bits per heavy atom. The molecule has 0 bridgehead atoms. The van der Waals surface area contributed by atoms with E-state index in [2.05, 4.69) is 59.9 Å². The summed E-state index contributed by atoms with van der Waals surface area (Å²) in [6.07, 6.45) is 2.39. The van der Waals surface area contributed by atoms with E-state index in [1.54, 1.807) is 0 Å². The third-order valence-electron chi connectivity index (χ3n) is 5.17. The number of nitroso groups, excluding NO2 is 1. The number of nitrogens with zero attached hydrogens (tertiary/aromatic N) is 1. The monoisotopic (exact) mass is 373 g/mol. The van der Waals surface area contributed by atoms with E-state index >= 15 is 0 Å². The van der Waals surface area contributed by atoms with E-state index in [0.717, 1.165) is 12.3 Å². The molecule has 1 saturated heterocycles. The molecule has 0 aromatic heterocycles. The first kappa shape index (κ1) is 30.0. The Hall–Kier alpha value is -0.740. The average Bonchev–Trinajstić information content (AvgIpc) is 2.64. The fourth-order valence-corrected chi connectivity index (χ4v) is 2.15. The summed E-state index contributed by atoms with van der Waals surface area (Å²) >= 11 is 0. The Kier molecular flexibility index (Phi) is 20.4.